The molecule has 2 aromatic rings. The topological polar surface area (TPSA) is 70.6 Å². The molecule has 1 atom stereocenters. The van der Waals surface area contributed by atoms with Crippen molar-refractivity contribution in [2.45, 2.75) is 19.4 Å². The number of nitrogens with zero attached hydrogens (tertiary/aromatic N) is 1. The van der Waals surface area contributed by atoms with E-state index >= 15 is 0 Å². The fraction of sp³-hybridized carbons (Fsp3) is 0.214. The Balaban J connectivity index is 2.43. The molecule has 2 rings (SSSR count). The van der Waals surface area contributed by atoms with Crippen LogP contribution < -0.4 is 11.1 Å². The summed E-state index contributed by atoms with van der Waals surface area (Å²) in [5.41, 5.74) is 6.65. The van der Waals surface area contributed by atoms with Gasteiger partial charge in [-0.25, -0.2) is 0 Å². The number of nitrogens with one attached hydrogen (secondary N) is 1. The quantitative estimate of drug-likeness (QED) is 0.349. The number of anilines is 1. The zero-order valence-electron chi connectivity index (χ0n) is 10.6. The minimum atomic E-state index is -0.186. The molecular weight excluding hydrogens is 306 g/mol. The Bertz CT molecular complexity index is 613. The number of rotatable bonds is 4. The highest BCUT2D eigenvalue weighted by Gasteiger charge is 2.13. The number of nitrogens with two attached hydrogens (primary N) is 1. The number of amidine groups is 1. The lowest BCUT2D eigenvalue weighted by atomic mass is 10.1. The molecule has 100 valence electrons. The predicted octanol–water partition coefficient (Wildman–Crippen LogP) is 3.54. The van der Waals surface area contributed by atoms with Crippen LogP contribution in [0.4, 0.5) is 5.69 Å². The van der Waals surface area contributed by atoms with Crippen molar-refractivity contribution in [3.05, 3.63) is 40.9 Å². The van der Waals surface area contributed by atoms with E-state index in [-0.39, 0.29) is 11.9 Å². The molecule has 0 heterocycles. The highest BCUT2D eigenvalue weighted by atomic mass is 79.9. The minimum absolute atomic E-state index is 0.186. The third kappa shape index (κ3) is 2.81. The van der Waals surface area contributed by atoms with Gasteiger partial charge >= 0.3 is 0 Å². The first-order chi connectivity index (χ1) is 9.17. The lowest BCUT2D eigenvalue weighted by Crippen LogP contribution is -2.35. The highest BCUT2D eigenvalue weighted by Crippen LogP contribution is 2.30. The van der Waals surface area contributed by atoms with Crippen molar-refractivity contribution < 1.29 is 5.21 Å². The molecule has 0 aliphatic heterocycles. The number of benzene rings is 2. The van der Waals surface area contributed by atoms with Crippen molar-refractivity contribution in [1.29, 1.82) is 0 Å². The van der Waals surface area contributed by atoms with E-state index in [1.807, 2.05) is 37.3 Å². The predicted molar refractivity (Wildman–Crippen MR) is 82.8 cm³/mol. The first kappa shape index (κ1) is 13.7. The van der Waals surface area contributed by atoms with Gasteiger partial charge < -0.3 is 16.3 Å². The molecule has 19 heavy (non-hydrogen) atoms. The van der Waals surface area contributed by atoms with E-state index in [0.717, 1.165) is 27.4 Å². The highest BCUT2D eigenvalue weighted by molar-refractivity contribution is 9.10. The van der Waals surface area contributed by atoms with Gasteiger partial charge in [-0.15, -0.1) is 0 Å². The Hall–Kier alpha value is -1.75. The van der Waals surface area contributed by atoms with Gasteiger partial charge in [-0.05, 0) is 23.9 Å². The number of fused-ring (bicyclic) bond motifs is 1. The monoisotopic (exact) mass is 321 g/mol. The molecule has 0 amide bonds. The number of oxime groups is 1. The maximum atomic E-state index is 8.79. The summed E-state index contributed by atoms with van der Waals surface area (Å²) in [6.07, 6.45) is 0.736. The Kier molecular flexibility index (Phi) is 4.27. The SMILES string of the molecule is CCC(Nc1ccc(Br)c2ccccc12)/C(N)=N/O. The fourth-order valence-corrected chi connectivity index (χ4v) is 2.51. The molecule has 0 saturated heterocycles. The molecule has 0 aliphatic rings. The maximum absolute atomic E-state index is 8.79. The van der Waals surface area contributed by atoms with Crippen LogP contribution in [0.3, 0.4) is 0 Å². The minimum Gasteiger partial charge on any atom is -0.409 e. The molecule has 1 unspecified atom stereocenters. The van der Waals surface area contributed by atoms with E-state index in [1.165, 1.54) is 0 Å². The average molecular weight is 322 g/mol. The van der Waals surface area contributed by atoms with Gasteiger partial charge in [0, 0.05) is 15.5 Å². The molecule has 2 aromatic carbocycles. The maximum Gasteiger partial charge on any atom is 0.161 e. The van der Waals surface area contributed by atoms with Crippen LogP contribution in [0.2, 0.25) is 0 Å². The standard InChI is InChI=1S/C14H16BrN3O/c1-2-12(14(16)18-19)17-13-8-7-11(15)9-5-3-4-6-10(9)13/h3-8,12,17,19H,2H2,1H3,(H2,16,18). The molecule has 0 bridgehead atoms. The molecular formula is C14H16BrN3O. The van der Waals surface area contributed by atoms with Gasteiger partial charge in [0.05, 0.1) is 6.04 Å². The van der Waals surface area contributed by atoms with E-state index in [0.29, 0.717) is 0 Å². The fourth-order valence-electron chi connectivity index (χ4n) is 2.03. The molecule has 0 spiro atoms. The summed E-state index contributed by atoms with van der Waals surface area (Å²) in [5.74, 6) is 0.189. The van der Waals surface area contributed by atoms with Crippen LogP contribution >= 0.6 is 15.9 Å². The lowest BCUT2D eigenvalue weighted by molar-refractivity contribution is 0.316. The molecule has 0 saturated carbocycles. The van der Waals surface area contributed by atoms with Gasteiger partial charge in [0.15, 0.2) is 5.84 Å². The van der Waals surface area contributed by atoms with Crippen molar-refractivity contribution in [3.8, 4) is 0 Å². The van der Waals surface area contributed by atoms with Crippen LogP contribution in [0.25, 0.3) is 10.8 Å². The van der Waals surface area contributed by atoms with Crippen molar-refractivity contribution in [2.75, 3.05) is 5.32 Å². The van der Waals surface area contributed by atoms with Gasteiger partial charge in [-0.3, -0.25) is 0 Å². The number of hydrogen-bond acceptors (Lipinski definition) is 3. The van der Waals surface area contributed by atoms with E-state index < -0.39 is 0 Å². The Morgan fingerprint density at radius 3 is 2.63 bits per heavy atom. The summed E-state index contributed by atoms with van der Waals surface area (Å²) in [6.45, 7) is 1.98. The van der Waals surface area contributed by atoms with Gasteiger partial charge in [0.2, 0.25) is 0 Å². The summed E-state index contributed by atoms with van der Waals surface area (Å²) in [5, 5.41) is 17.4. The van der Waals surface area contributed by atoms with Crippen LogP contribution in [0, 0.1) is 0 Å². The van der Waals surface area contributed by atoms with Gasteiger partial charge in [0.25, 0.3) is 0 Å². The van der Waals surface area contributed by atoms with Crippen LogP contribution in [0.15, 0.2) is 46.0 Å². The Labute approximate surface area is 120 Å². The number of halogens is 1. The summed E-state index contributed by atoms with van der Waals surface area (Å²) in [6, 6.07) is 11.9. The first-order valence-corrected chi connectivity index (χ1v) is 6.88. The van der Waals surface area contributed by atoms with Crippen LogP contribution in [0.5, 0.6) is 0 Å². The second kappa shape index (κ2) is 5.93. The van der Waals surface area contributed by atoms with Crippen molar-refractivity contribution in [1.82, 2.24) is 0 Å². The zero-order valence-corrected chi connectivity index (χ0v) is 12.2. The van der Waals surface area contributed by atoms with E-state index in [2.05, 4.69) is 32.5 Å². The van der Waals surface area contributed by atoms with Gasteiger partial charge in [-0.1, -0.05) is 52.3 Å². The molecule has 0 aromatic heterocycles. The number of hydrogen-bond donors (Lipinski definition) is 3. The lowest BCUT2D eigenvalue weighted by Gasteiger charge is -2.18. The summed E-state index contributed by atoms with van der Waals surface area (Å²) < 4.78 is 1.05. The Morgan fingerprint density at radius 1 is 1.32 bits per heavy atom. The second-order valence-electron chi connectivity index (χ2n) is 4.27. The normalized spacial score (nSPS) is 13.5. The molecule has 5 heteroatoms. The van der Waals surface area contributed by atoms with Crippen molar-refractivity contribution >= 4 is 38.2 Å². The van der Waals surface area contributed by atoms with Crippen molar-refractivity contribution in [3.63, 3.8) is 0 Å². The first-order valence-electron chi connectivity index (χ1n) is 6.08. The molecule has 0 fully saturated rings. The largest absolute Gasteiger partial charge is 0.409 e. The van der Waals surface area contributed by atoms with Crippen LogP contribution in [-0.2, 0) is 0 Å². The smallest absolute Gasteiger partial charge is 0.161 e. The van der Waals surface area contributed by atoms with Gasteiger partial charge in [-0.2, -0.15) is 0 Å². The third-order valence-corrected chi connectivity index (χ3v) is 3.77. The van der Waals surface area contributed by atoms with E-state index in [9.17, 15) is 0 Å². The van der Waals surface area contributed by atoms with Gasteiger partial charge in [0.1, 0.15) is 0 Å². The summed E-state index contributed by atoms with van der Waals surface area (Å²) in [7, 11) is 0. The van der Waals surface area contributed by atoms with Crippen molar-refractivity contribution in [2.24, 2.45) is 10.9 Å². The second-order valence-corrected chi connectivity index (χ2v) is 5.12. The van der Waals surface area contributed by atoms with Crippen LogP contribution in [0.1, 0.15) is 13.3 Å². The third-order valence-electron chi connectivity index (χ3n) is 3.08. The summed E-state index contributed by atoms with van der Waals surface area (Å²) in [4.78, 5) is 0. The van der Waals surface area contributed by atoms with E-state index in [1.54, 1.807) is 0 Å². The van der Waals surface area contributed by atoms with Crippen LogP contribution in [-0.4, -0.2) is 17.1 Å². The average Bonchev–Trinajstić information content (AvgIpc) is 2.46. The zero-order chi connectivity index (χ0) is 13.8. The molecule has 4 nitrogen and oxygen atoms in total. The molecule has 0 radical (unpaired) electrons. The summed E-state index contributed by atoms with van der Waals surface area (Å²) >= 11 is 3.54. The molecule has 4 N–H and O–H groups in total. The molecule has 0 aliphatic carbocycles. The Morgan fingerprint density at radius 2 is 2.00 bits per heavy atom. The van der Waals surface area contributed by atoms with E-state index in [4.69, 9.17) is 10.9 Å².